The number of rotatable bonds is 3. The predicted octanol–water partition coefficient (Wildman–Crippen LogP) is 0.942. The molecule has 0 aliphatic carbocycles. The number of carbonyl (C=O) groups excluding carboxylic acids is 1. The van der Waals surface area contributed by atoms with Gasteiger partial charge in [-0.3, -0.25) is 4.79 Å². The quantitative estimate of drug-likeness (QED) is 0.861. The Morgan fingerprint density at radius 3 is 2.14 bits per heavy atom. The van der Waals surface area contributed by atoms with Crippen LogP contribution in [0.3, 0.4) is 0 Å². The van der Waals surface area contributed by atoms with Crippen LogP contribution in [0, 0.1) is 0 Å². The van der Waals surface area contributed by atoms with Gasteiger partial charge in [0, 0.05) is 31.2 Å². The van der Waals surface area contributed by atoms with E-state index in [1.165, 1.54) is 16.4 Å². The summed E-state index contributed by atoms with van der Waals surface area (Å²) in [4.78, 5) is 13.6. The van der Waals surface area contributed by atoms with Crippen molar-refractivity contribution in [3.05, 3.63) is 29.3 Å². The molecule has 1 aromatic carbocycles. The molecule has 1 aromatic rings. The summed E-state index contributed by atoms with van der Waals surface area (Å²) < 4.78 is 26.3. The Morgan fingerprint density at radius 1 is 1.18 bits per heavy atom. The topological polar surface area (TPSA) is 83.7 Å². The van der Waals surface area contributed by atoms with Crippen molar-refractivity contribution >= 4 is 39.9 Å². The van der Waals surface area contributed by atoms with E-state index in [9.17, 15) is 13.2 Å². The highest BCUT2D eigenvalue weighted by Gasteiger charge is 2.30. The number of benzene rings is 1. The summed E-state index contributed by atoms with van der Waals surface area (Å²) in [7, 11) is -3.54. The molecule has 1 fully saturated rings. The van der Waals surface area contributed by atoms with E-state index < -0.39 is 16.1 Å². The zero-order valence-corrected chi connectivity index (χ0v) is 14.5. The third-order valence-electron chi connectivity index (χ3n) is 3.39. The summed E-state index contributed by atoms with van der Waals surface area (Å²) >= 11 is 5.77. The number of halogens is 2. The molecule has 0 radical (unpaired) electrons. The van der Waals surface area contributed by atoms with Gasteiger partial charge in [0.15, 0.2) is 0 Å². The molecule has 2 N–H and O–H groups in total. The van der Waals surface area contributed by atoms with Gasteiger partial charge in [0.2, 0.25) is 15.9 Å². The molecule has 0 bridgehead atoms. The molecule has 6 nitrogen and oxygen atoms in total. The minimum absolute atomic E-state index is 0. The fraction of sp³-hybridized carbons (Fsp3) is 0.462. The molecule has 0 saturated carbocycles. The molecule has 0 aromatic heterocycles. The molecule has 1 saturated heterocycles. The molecule has 9 heteroatoms. The van der Waals surface area contributed by atoms with Crippen LogP contribution in [0.1, 0.15) is 6.92 Å². The van der Waals surface area contributed by atoms with Crippen LogP contribution < -0.4 is 5.73 Å². The Kier molecular flexibility index (Phi) is 6.64. The van der Waals surface area contributed by atoms with Crippen molar-refractivity contribution in [1.29, 1.82) is 0 Å². The number of hydrogen-bond acceptors (Lipinski definition) is 4. The van der Waals surface area contributed by atoms with Gasteiger partial charge in [0.25, 0.3) is 0 Å². The largest absolute Gasteiger partial charge is 0.339 e. The molecule has 1 aliphatic rings. The van der Waals surface area contributed by atoms with E-state index in [1.807, 2.05) is 0 Å². The first-order valence-corrected chi connectivity index (χ1v) is 8.44. The minimum Gasteiger partial charge on any atom is -0.339 e. The number of nitrogens with zero attached hydrogens (tertiary/aromatic N) is 2. The Morgan fingerprint density at radius 2 is 1.68 bits per heavy atom. The first kappa shape index (κ1) is 19.2. The lowest BCUT2D eigenvalue weighted by Gasteiger charge is -2.34. The van der Waals surface area contributed by atoms with Crippen LogP contribution in [-0.2, 0) is 14.8 Å². The molecule has 1 unspecified atom stereocenters. The van der Waals surface area contributed by atoms with E-state index in [-0.39, 0.29) is 36.3 Å². The lowest BCUT2D eigenvalue weighted by Crippen LogP contribution is -2.53. The molecule has 0 spiro atoms. The molecular formula is C13H19Cl2N3O3S. The fourth-order valence-corrected chi connectivity index (χ4v) is 3.74. The van der Waals surface area contributed by atoms with Gasteiger partial charge in [-0.15, -0.1) is 12.4 Å². The smallest absolute Gasteiger partial charge is 0.243 e. The number of carbonyl (C=O) groups is 1. The SMILES string of the molecule is CC(N)C(=O)N1CCN(S(=O)(=O)c2ccc(Cl)cc2)CC1.Cl. The Balaban J connectivity index is 0.00000242. The van der Waals surface area contributed by atoms with Gasteiger partial charge in [-0.05, 0) is 31.2 Å². The van der Waals surface area contributed by atoms with Crippen molar-refractivity contribution in [2.75, 3.05) is 26.2 Å². The van der Waals surface area contributed by atoms with Gasteiger partial charge in [0.1, 0.15) is 0 Å². The van der Waals surface area contributed by atoms with Crippen molar-refractivity contribution in [2.45, 2.75) is 17.9 Å². The molecule has 1 heterocycles. The second-order valence-electron chi connectivity index (χ2n) is 4.97. The van der Waals surface area contributed by atoms with E-state index >= 15 is 0 Å². The summed E-state index contributed by atoms with van der Waals surface area (Å²) in [5.41, 5.74) is 5.56. The summed E-state index contributed by atoms with van der Waals surface area (Å²) in [6.07, 6.45) is 0. The van der Waals surface area contributed by atoms with Gasteiger partial charge in [-0.2, -0.15) is 4.31 Å². The van der Waals surface area contributed by atoms with Gasteiger partial charge >= 0.3 is 0 Å². The number of sulfonamides is 1. The predicted molar refractivity (Wildman–Crippen MR) is 87.7 cm³/mol. The minimum atomic E-state index is -3.54. The van der Waals surface area contributed by atoms with Gasteiger partial charge in [-0.25, -0.2) is 8.42 Å². The standard InChI is InChI=1S/C13H18ClN3O3S.ClH/c1-10(15)13(18)16-6-8-17(9-7-16)21(19,20)12-4-2-11(14)3-5-12;/h2-5,10H,6-9,15H2,1H3;1H. The van der Waals surface area contributed by atoms with Crippen molar-refractivity contribution in [3.63, 3.8) is 0 Å². The lowest BCUT2D eigenvalue weighted by atomic mass is 10.2. The van der Waals surface area contributed by atoms with Crippen molar-refractivity contribution in [3.8, 4) is 0 Å². The highest BCUT2D eigenvalue weighted by atomic mass is 35.5. The summed E-state index contributed by atoms with van der Waals surface area (Å²) in [6, 6.07) is 5.49. The number of nitrogens with two attached hydrogens (primary N) is 1. The fourth-order valence-electron chi connectivity index (χ4n) is 2.19. The average Bonchev–Trinajstić information content (AvgIpc) is 2.47. The van der Waals surface area contributed by atoms with Crippen LogP contribution in [0.5, 0.6) is 0 Å². The molecule has 124 valence electrons. The molecule has 1 atom stereocenters. The number of piperazine rings is 1. The zero-order valence-electron chi connectivity index (χ0n) is 12.1. The second kappa shape index (κ2) is 7.61. The van der Waals surface area contributed by atoms with E-state index in [0.717, 1.165) is 0 Å². The average molecular weight is 368 g/mol. The maximum absolute atomic E-state index is 12.5. The van der Waals surface area contributed by atoms with Crippen LogP contribution in [0.2, 0.25) is 5.02 Å². The molecular weight excluding hydrogens is 349 g/mol. The van der Waals surface area contributed by atoms with Crippen LogP contribution in [0.25, 0.3) is 0 Å². The third kappa shape index (κ3) is 4.11. The zero-order chi connectivity index (χ0) is 15.6. The Labute approximate surface area is 141 Å². The molecule has 1 aliphatic heterocycles. The number of amides is 1. The molecule has 2 rings (SSSR count). The van der Waals surface area contributed by atoms with Crippen LogP contribution in [0.4, 0.5) is 0 Å². The second-order valence-corrected chi connectivity index (χ2v) is 7.35. The highest BCUT2D eigenvalue weighted by molar-refractivity contribution is 7.89. The lowest BCUT2D eigenvalue weighted by molar-refractivity contribution is -0.133. The van der Waals surface area contributed by atoms with Gasteiger partial charge in [-0.1, -0.05) is 11.6 Å². The first-order chi connectivity index (χ1) is 9.82. The Bertz CT molecular complexity index is 612. The summed E-state index contributed by atoms with van der Waals surface area (Å²) in [5, 5.41) is 0.487. The van der Waals surface area contributed by atoms with Crippen molar-refractivity contribution in [2.24, 2.45) is 5.73 Å². The van der Waals surface area contributed by atoms with Crippen molar-refractivity contribution in [1.82, 2.24) is 9.21 Å². The van der Waals surface area contributed by atoms with Crippen LogP contribution in [0.15, 0.2) is 29.2 Å². The summed E-state index contributed by atoms with van der Waals surface area (Å²) in [6.45, 7) is 2.87. The third-order valence-corrected chi connectivity index (χ3v) is 5.56. The molecule has 1 amide bonds. The number of hydrogen-bond donors (Lipinski definition) is 1. The maximum Gasteiger partial charge on any atom is 0.243 e. The van der Waals surface area contributed by atoms with E-state index in [0.29, 0.717) is 18.1 Å². The van der Waals surface area contributed by atoms with Crippen LogP contribution >= 0.6 is 24.0 Å². The maximum atomic E-state index is 12.5. The van der Waals surface area contributed by atoms with Gasteiger partial charge < -0.3 is 10.6 Å². The highest BCUT2D eigenvalue weighted by Crippen LogP contribution is 2.19. The van der Waals surface area contributed by atoms with E-state index in [1.54, 1.807) is 24.0 Å². The van der Waals surface area contributed by atoms with Crippen LogP contribution in [-0.4, -0.2) is 55.8 Å². The van der Waals surface area contributed by atoms with Crippen molar-refractivity contribution < 1.29 is 13.2 Å². The monoisotopic (exact) mass is 367 g/mol. The van der Waals surface area contributed by atoms with E-state index in [2.05, 4.69) is 0 Å². The van der Waals surface area contributed by atoms with E-state index in [4.69, 9.17) is 17.3 Å². The van der Waals surface area contributed by atoms with Gasteiger partial charge in [0.05, 0.1) is 10.9 Å². The first-order valence-electron chi connectivity index (χ1n) is 6.62. The summed E-state index contributed by atoms with van der Waals surface area (Å²) in [5.74, 6) is -0.154. The normalized spacial score (nSPS) is 17.7. The Hall–Kier alpha value is -0.860. The molecule has 22 heavy (non-hydrogen) atoms.